The molecule has 1 fully saturated rings. The molecule has 1 atom stereocenters. The first-order chi connectivity index (χ1) is 9.58. The van der Waals surface area contributed by atoms with Gasteiger partial charge in [-0.25, -0.2) is 8.42 Å². The second-order valence-electron chi connectivity index (χ2n) is 5.02. The van der Waals surface area contributed by atoms with E-state index in [1.807, 2.05) is 0 Å². The molecular weight excluding hydrogens is 321 g/mol. The summed E-state index contributed by atoms with van der Waals surface area (Å²) in [6.45, 7) is -0.0193. The molecule has 1 amide bonds. The summed E-state index contributed by atoms with van der Waals surface area (Å²) in [5, 5.41) is 0. The minimum absolute atomic E-state index is 0.0119. The van der Waals surface area contributed by atoms with Gasteiger partial charge in [-0.3, -0.25) is 4.79 Å². The fourth-order valence-electron chi connectivity index (χ4n) is 2.40. The summed E-state index contributed by atoms with van der Waals surface area (Å²) in [5.74, 6) is -1.84. The van der Waals surface area contributed by atoms with Crippen LogP contribution in [0.1, 0.15) is 6.42 Å². The summed E-state index contributed by atoms with van der Waals surface area (Å²) in [6, 6.07) is 5.96. The Balaban J connectivity index is 2.34. The van der Waals surface area contributed by atoms with Gasteiger partial charge in [0.05, 0.1) is 16.3 Å². The largest absolute Gasteiger partial charge is 0.311 e. The molecule has 0 N–H and O–H groups in total. The first-order valence-electron chi connectivity index (χ1n) is 6.10. The quantitative estimate of drug-likeness (QED) is 0.757. The minimum Gasteiger partial charge on any atom is -0.311 e. The van der Waals surface area contributed by atoms with Crippen molar-refractivity contribution in [3.63, 3.8) is 0 Å². The SMILES string of the molecule is CS(=O)(=O)c1ccccc1N1CC(CS(=O)(=O)F)CC1=O. The molecule has 0 bridgehead atoms. The maximum absolute atomic E-state index is 12.7. The van der Waals surface area contributed by atoms with Gasteiger partial charge in [-0.15, -0.1) is 3.89 Å². The number of rotatable bonds is 4. The van der Waals surface area contributed by atoms with Gasteiger partial charge in [0.25, 0.3) is 0 Å². The molecule has 1 saturated heterocycles. The van der Waals surface area contributed by atoms with Crippen LogP contribution in [0.3, 0.4) is 0 Å². The lowest BCUT2D eigenvalue weighted by Crippen LogP contribution is -2.27. The molecule has 1 aromatic carbocycles. The van der Waals surface area contributed by atoms with E-state index in [0.717, 1.165) is 6.26 Å². The van der Waals surface area contributed by atoms with Gasteiger partial charge in [-0.1, -0.05) is 12.1 Å². The molecule has 6 nitrogen and oxygen atoms in total. The Morgan fingerprint density at radius 3 is 2.43 bits per heavy atom. The molecule has 1 unspecified atom stereocenters. The topological polar surface area (TPSA) is 88.6 Å². The van der Waals surface area contributed by atoms with Gasteiger partial charge in [0.15, 0.2) is 9.84 Å². The summed E-state index contributed by atoms with van der Waals surface area (Å²) >= 11 is 0. The first kappa shape index (κ1) is 15.9. The fraction of sp³-hybridized carbons (Fsp3) is 0.417. The summed E-state index contributed by atoms with van der Waals surface area (Å²) in [4.78, 5) is 13.2. The minimum atomic E-state index is -4.67. The monoisotopic (exact) mass is 335 g/mol. The number of halogens is 1. The van der Waals surface area contributed by atoms with Crippen molar-refractivity contribution in [3.05, 3.63) is 24.3 Å². The van der Waals surface area contributed by atoms with Crippen LogP contribution in [-0.4, -0.2) is 41.3 Å². The zero-order chi connectivity index (χ0) is 15.8. The number of anilines is 1. The van der Waals surface area contributed by atoms with E-state index < -0.39 is 37.6 Å². The maximum atomic E-state index is 12.7. The molecule has 1 aliphatic heterocycles. The van der Waals surface area contributed by atoms with Crippen LogP contribution in [0, 0.1) is 5.92 Å². The number of para-hydroxylation sites is 1. The third kappa shape index (κ3) is 3.79. The average molecular weight is 335 g/mol. The lowest BCUT2D eigenvalue weighted by Gasteiger charge is -2.19. The van der Waals surface area contributed by atoms with E-state index in [-0.39, 0.29) is 23.5 Å². The van der Waals surface area contributed by atoms with Crippen molar-refractivity contribution in [2.45, 2.75) is 11.3 Å². The van der Waals surface area contributed by atoms with E-state index in [1.54, 1.807) is 6.07 Å². The number of sulfone groups is 1. The van der Waals surface area contributed by atoms with E-state index in [1.165, 1.54) is 23.1 Å². The lowest BCUT2D eigenvalue weighted by molar-refractivity contribution is -0.117. The number of nitrogens with zero attached hydrogens (tertiary/aromatic N) is 1. The molecule has 1 aromatic rings. The van der Waals surface area contributed by atoms with Crippen LogP contribution in [-0.2, 0) is 24.9 Å². The fourth-order valence-corrected chi connectivity index (χ4v) is 4.07. The number of carbonyl (C=O) groups excluding carboxylic acids is 1. The summed E-state index contributed by atoms with van der Waals surface area (Å²) in [6.07, 6.45) is 0.900. The molecule has 0 radical (unpaired) electrons. The number of hydrogen-bond acceptors (Lipinski definition) is 5. The molecule has 21 heavy (non-hydrogen) atoms. The predicted molar refractivity (Wildman–Crippen MR) is 74.9 cm³/mol. The highest BCUT2D eigenvalue weighted by Gasteiger charge is 2.35. The van der Waals surface area contributed by atoms with Crippen LogP contribution < -0.4 is 4.90 Å². The Labute approximate surface area is 122 Å². The number of amides is 1. The molecule has 9 heteroatoms. The van der Waals surface area contributed by atoms with Crippen LogP contribution in [0.15, 0.2) is 29.2 Å². The first-order valence-corrected chi connectivity index (χ1v) is 9.54. The summed E-state index contributed by atoms with van der Waals surface area (Å²) in [7, 11) is -8.21. The van der Waals surface area contributed by atoms with E-state index in [2.05, 4.69) is 0 Å². The van der Waals surface area contributed by atoms with E-state index >= 15 is 0 Å². The molecule has 116 valence electrons. The molecule has 0 aliphatic carbocycles. The second kappa shape index (κ2) is 5.38. The van der Waals surface area contributed by atoms with Crippen molar-refractivity contribution in [1.29, 1.82) is 0 Å². The average Bonchev–Trinajstić information content (AvgIpc) is 2.66. The van der Waals surface area contributed by atoms with E-state index in [4.69, 9.17) is 0 Å². The summed E-state index contributed by atoms with van der Waals surface area (Å²) in [5.41, 5.74) is 0.198. The van der Waals surface area contributed by atoms with Gasteiger partial charge >= 0.3 is 10.2 Å². The zero-order valence-corrected chi connectivity index (χ0v) is 12.8. The molecule has 1 heterocycles. The van der Waals surface area contributed by atoms with Crippen molar-refractivity contribution in [2.75, 3.05) is 23.5 Å². The van der Waals surface area contributed by atoms with Crippen LogP contribution >= 0.6 is 0 Å². The third-order valence-electron chi connectivity index (χ3n) is 3.20. The molecule has 0 aromatic heterocycles. The number of benzene rings is 1. The van der Waals surface area contributed by atoms with Crippen molar-refractivity contribution in [3.8, 4) is 0 Å². The Hall–Kier alpha value is -1.48. The number of carbonyl (C=O) groups is 1. The highest BCUT2D eigenvalue weighted by Crippen LogP contribution is 2.31. The third-order valence-corrected chi connectivity index (χ3v) is 5.21. The predicted octanol–water partition coefficient (Wildman–Crippen LogP) is 0.742. The Morgan fingerprint density at radius 2 is 1.86 bits per heavy atom. The molecule has 0 saturated carbocycles. The van der Waals surface area contributed by atoms with Crippen LogP contribution in [0.4, 0.5) is 9.57 Å². The second-order valence-corrected chi connectivity index (χ2v) is 8.42. The molecule has 0 spiro atoms. The Kier molecular flexibility index (Phi) is 4.07. The highest BCUT2D eigenvalue weighted by molar-refractivity contribution is 7.90. The van der Waals surface area contributed by atoms with Crippen LogP contribution in [0.5, 0.6) is 0 Å². The Morgan fingerprint density at radius 1 is 1.24 bits per heavy atom. The number of hydrogen-bond donors (Lipinski definition) is 0. The van der Waals surface area contributed by atoms with Gasteiger partial charge in [-0.05, 0) is 12.1 Å². The van der Waals surface area contributed by atoms with Gasteiger partial charge < -0.3 is 4.90 Å². The van der Waals surface area contributed by atoms with Crippen molar-refractivity contribution < 1.29 is 25.5 Å². The lowest BCUT2D eigenvalue weighted by atomic mass is 10.1. The van der Waals surface area contributed by atoms with Gasteiger partial charge in [0, 0.05) is 25.1 Å². The Bertz CT molecular complexity index is 773. The van der Waals surface area contributed by atoms with Crippen molar-refractivity contribution in [2.24, 2.45) is 5.92 Å². The van der Waals surface area contributed by atoms with Crippen molar-refractivity contribution in [1.82, 2.24) is 0 Å². The van der Waals surface area contributed by atoms with Gasteiger partial charge in [0.1, 0.15) is 0 Å². The van der Waals surface area contributed by atoms with E-state index in [9.17, 15) is 25.5 Å². The zero-order valence-electron chi connectivity index (χ0n) is 11.2. The maximum Gasteiger partial charge on any atom is 0.302 e. The standard InChI is InChI=1S/C12H14FNO5S2/c1-20(16,17)11-5-3-2-4-10(11)14-7-9(6-12(14)15)8-21(13,18)19/h2-5,9H,6-8H2,1H3. The molecule has 2 rings (SSSR count). The van der Waals surface area contributed by atoms with Crippen LogP contribution in [0.2, 0.25) is 0 Å². The highest BCUT2D eigenvalue weighted by atomic mass is 32.3. The van der Waals surface area contributed by atoms with Crippen LogP contribution in [0.25, 0.3) is 0 Å². The molecule has 1 aliphatic rings. The smallest absolute Gasteiger partial charge is 0.302 e. The van der Waals surface area contributed by atoms with Crippen molar-refractivity contribution >= 4 is 31.7 Å². The summed E-state index contributed by atoms with van der Waals surface area (Å²) < 4.78 is 57.5. The normalized spacial score (nSPS) is 20.0. The van der Waals surface area contributed by atoms with Gasteiger partial charge in [0.2, 0.25) is 5.91 Å². The van der Waals surface area contributed by atoms with E-state index in [0.29, 0.717) is 0 Å². The van der Waals surface area contributed by atoms with Gasteiger partial charge in [-0.2, -0.15) is 8.42 Å². The molecular formula is C12H14FNO5S2.